The second kappa shape index (κ2) is 7.46. The summed E-state index contributed by atoms with van der Waals surface area (Å²) in [6.45, 7) is 2.78. The standard InChI is InChI=1S/C12H19N3O6/c1-7(10(18)15-4-2-3-5-15)13-12(21)14-8(11(19)20)6-9(16)17/h7-8H,2-6H2,1H3,(H,16,17)(H,19,20)(H2,13,14,21). The Morgan fingerprint density at radius 2 is 1.67 bits per heavy atom. The zero-order valence-electron chi connectivity index (χ0n) is 11.7. The number of aliphatic carboxylic acids is 2. The first-order chi connectivity index (χ1) is 9.81. The number of carbonyl (C=O) groups excluding carboxylic acids is 2. The molecule has 0 radical (unpaired) electrons. The Morgan fingerprint density at radius 3 is 2.14 bits per heavy atom. The molecule has 1 aliphatic heterocycles. The average molecular weight is 301 g/mol. The first-order valence-corrected chi connectivity index (χ1v) is 6.61. The van der Waals surface area contributed by atoms with Gasteiger partial charge in [-0.3, -0.25) is 9.59 Å². The van der Waals surface area contributed by atoms with Gasteiger partial charge in [0, 0.05) is 13.1 Å². The second-order valence-electron chi connectivity index (χ2n) is 4.86. The zero-order chi connectivity index (χ0) is 16.0. The minimum atomic E-state index is -1.54. The number of nitrogens with zero attached hydrogens (tertiary/aromatic N) is 1. The number of nitrogens with one attached hydrogen (secondary N) is 2. The van der Waals surface area contributed by atoms with E-state index in [1.165, 1.54) is 6.92 Å². The molecule has 0 saturated carbocycles. The van der Waals surface area contributed by atoms with Crippen molar-refractivity contribution in [3.05, 3.63) is 0 Å². The molecule has 0 aromatic heterocycles. The number of carboxylic acids is 2. The van der Waals surface area contributed by atoms with Gasteiger partial charge >= 0.3 is 18.0 Å². The van der Waals surface area contributed by atoms with E-state index in [1.807, 2.05) is 5.32 Å². The lowest BCUT2D eigenvalue weighted by atomic mass is 10.2. The fourth-order valence-electron chi connectivity index (χ4n) is 2.04. The molecule has 0 spiro atoms. The molecule has 0 bridgehead atoms. The summed E-state index contributed by atoms with van der Waals surface area (Å²) < 4.78 is 0. The summed E-state index contributed by atoms with van der Waals surface area (Å²) in [4.78, 5) is 46.5. The average Bonchev–Trinajstić information content (AvgIpc) is 2.89. The summed E-state index contributed by atoms with van der Waals surface area (Å²) in [5.74, 6) is -3.04. The molecule has 2 atom stereocenters. The molecule has 4 N–H and O–H groups in total. The van der Waals surface area contributed by atoms with E-state index in [1.54, 1.807) is 4.90 Å². The van der Waals surface area contributed by atoms with Crippen LogP contribution in [0.3, 0.4) is 0 Å². The van der Waals surface area contributed by atoms with Gasteiger partial charge in [-0.25, -0.2) is 9.59 Å². The van der Waals surface area contributed by atoms with Crippen LogP contribution in [0.5, 0.6) is 0 Å². The van der Waals surface area contributed by atoms with Gasteiger partial charge in [0.25, 0.3) is 0 Å². The molecule has 0 aliphatic carbocycles. The highest BCUT2D eigenvalue weighted by Gasteiger charge is 2.27. The van der Waals surface area contributed by atoms with Crippen molar-refractivity contribution in [2.75, 3.05) is 13.1 Å². The maximum absolute atomic E-state index is 12.0. The molecule has 1 fully saturated rings. The first kappa shape index (κ1) is 16.7. The normalized spacial score (nSPS) is 16.9. The molecule has 9 heteroatoms. The van der Waals surface area contributed by atoms with E-state index in [9.17, 15) is 19.2 Å². The lowest BCUT2D eigenvalue weighted by Gasteiger charge is -2.22. The summed E-state index contributed by atoms with van der Waals surface area (Å²) in [5.41, 5.74) is 0. The van der Waals surface area contributed by atoms with Crippen LogP contribution < -0.4 is 10.6 Å². The Morgan fingerprint density at radius 1 is 1.10 bits per heavy atom. The largest absolute Gasteiger partial charge is 0.481 e. The number of carboxylic acid groups (broad SMARTS) is 2. The van der Waals surface area contributed by atoms with Crippen LogP contribution in [-0.2, 0) is 14.4 Å². The van der Waals surface area contributed by atoms with Crippen LogP contribution in [0.1, 0.15) is 26.2 Å². The van der Waals surface area contributed by atoms with E-state index in [2.05, 4.69) is 5.32 Å². The second-order valence-corrected chi connectivity index (χ2v) is 4.86. The summed E-state index contributed by atoms with van der Waals surface area (Å²) in [5, 5.41) is 21.7. The fraction of sp³-hybridized carbons (Fsp3) is 0.667. The van der Waals surface area contributed by atoms with Gasteiger partial charge in [0.05, 0.1) is 6.42 Å². The number of likely N-dealkylation sites (tertiary alicyclic amines) is 1. The number of hydrogen-bond acceptors (Lipinski definition) is 4. The quantitative estimate of drug-likeness (QED) is 0.508. The first-order valence-electron chi connectivity index (χ1n) is 6.61. The Labute approximate surface area is 121 Å². The van der Waals surface area contributed by atoms with E-state index in [0.29, 0.717) is 13.1 Å². The maximum atomic E-state index is 12.0. The van der Waals surface area contributed by atoms with Gasteiger partial charge in [0.1, 0.15) is 12.1 Å². The molecule has 0 aromatic carbocycles. The summed E-state index contributed by atoms with van der Waals surface area (Å²) in [7, 11) is 0. The highest BCUT2D eigenvalue weighted by Crippen LogP contribution is 2.08. The molecule has 1 saturated heterocycles. The number of hydrogen-bond donors (Lipinski definition) is 4. The van der Waals surface area contributed by atoms with Crippen LogP contribution >= 0.6 is 0 Å². The molecule has 1 heterocycles. The topological polar surface area (TPSA) is 136 Å². The van der Waals surface area contributed by atoms with Crippen LogP contribution in [0, 0.1) is 0 Å². The van der Waals surface area contributed by atoms with Gasteiger partial charge in [0.15, 0.2) is 0 Å². The van der Waals surface area contributed by atoms with Crippen LogP contribution in [0.15, 0.2) is 0 Å². The third-order valence-electron chi connectivity index (χ3n) is 3.12. The van der Waals surface area contributed by atoms with Gasteiger partial charge in [-0.2, -0.15) is 0 Å². The Balaban J connectivity index is 2.48. The highest BCUT2D eigenvalue weighted by atomic mass is 16.4. The van der Waals surface area contributed by atoms with Crippen molar-refractivity contribution in [2.24, 2.45) is 0 Å². The molecule has 3 amide bonds. The molecule has 0 aromatic rings. The lowest BCUT2D eigenvalue weighted by molar-refractivity contribution is -0.145. The van der Waals surface area contributed by atoms with E-state index in [4.69, 9.17) is 10.2 Å². The Kier molecular flexibility index (Phi) is 5.94. The van der Waals surface area contributed by atoms with Crippen LogP contribution in [0.2, 0.25) is 0 Å². The van der Waals surface area contributed by atoms with Crippen molar-refractivity contribution in [1.29, 1.82) is 0 Å². The summed E-state index contributed by atoms with van der Waals surface area (Å²) in [6.07, 6.45) is 1.10. The van der Waals surface area contributed by atoms with Crippen LogP contribution in [0.25, 0.3) is 0 Å². The van der Waals surface area contributed by atoms with Gasteiger partial charge in [0.2, 0.25) is 5.91 Å². The third kappa shape index (κ3) is 5.28. The molecule has 1 aliphatic rings. The highest BCUT2D eigenvalue weighted by molar-refractivity contribution is 5.89. The Hall–Kier alpha value is -2.32. The van der Waals surface area contributed by atoms with E-state index < -0.39 is 36.5 Å². The molecular weight excluding hydrogens is 282 g/mol. The van der Waals surface area contributed by atoms with Crippen molar-refractivity contribution in [1.82, 2.24) is 15.5 Å². The number of amides is 3. The molecule has 21 heavy (non-hydrogen) atoms. The van der Waals surface area contributed by atoms with E-state index >= 15 is 0 Å². The third-order valence-corrected chi connectivity index (χ3v) is 3.12. The molecule has 2 unspecified atom stereocenters. The summed E-state index contributed by atoms with van der Waals surface area (Å²) in [6, 6.07) is -3.23. The van der Waals surface area contributed by atoms with Gasteiger partial charge < -0.3 is 25.7 Å². The van der Waals surface area contributed by atoms with Crippen molar-refractivity contribution in [3.8, 4) is 0 Å². The SMILES string of the molecule is CC(NC(=O)NC(CC(=O)O)C(=O)O)C(=O)N1CCCC1. The van der Waals surface area contributed by atoms with Crippen molar-refractivity contribution in [3.63, 3.8) is 0 Å². The Bertz CT molecular complexity index is 433. The lowest BCUT2D eigenvalue weighted by Crippen LogP contribution is -2.53. The van der Waals surface area contributed by atoms with Crippen LogP contribution in [-0.4, -0.2) is 64.2 Å². The number of carbonyl (C=O) groups is 4. The van der Waals surface area contributed by atoms with Crippen molar-refractivity contribution < 1.29 is 29.4 Å². The summed E-state index contributed by atoms with van der Waals surface area (Å²) >= 11 is 0. The zero-order valence-corrected chi connectivity index (χ0v) is 11.7. The van der Waals surface area contributed by atoms with Gasteiger partial charge in [-0.1, -0.05) is 0 Å². The minimum absolute atomic E-state index is 0.243. The fourth-order valence-corrected chi connectivity index (χ4v) is 2.04. The van der Waals surface area contributed by atoms with E-state index in [0.717, 1.165) is 12.8 Å². The number of urea groups is 1. The minimum Gasteiger partial charge on any atom is -0.481 e. The molecular formula is C12H19N3O6. The number of rotatable bonds is 6. The van der Waals surface area contributed by atoms with Crippen LogP contribution in [0.4, 0.5) is 4.79 Å². The predicted molar refractivity (Wildman–Crippen MR) is 70.6 cm³/mol. The molecule has 118 valence electrons. The maximum Gasteiger partial charge on any atom is 0.326 e. The smallest absolute Gasteiger partial charge is 0.326 e. The van der Waals surface area contributed by atoms with Crippen molar-refractivity contribution >= 4 is 23.9 Å². The monoisotopic (exact) mass is 301 g/mol. The molecule has 9 nitrogen and oxygen atoms in total. The van der Waals surface area contributed by atoms with Gasteiger partial charge in [-0.05, 0) is 19.8 Å². The predicted octanol–water partition coefficient (Wildman–Crippen LogP) is -0.776. The van der Waals surface area contributed by atoms with Gasteiger partial charge in [-0.15, -0.1) is 0 Å². The van der Waals surface area contributed by atoms with E-state index in [-0.39, 0.29) is 5.91 Å². The van der Waals surface area contributed by atoms with Crippen molar-refractivity contribution in [2.45, 2.75) is 38.3 Å². The molecule has 1 rings (SSSR count).